The molecule has 0 spiro atoms. The zero-order valence-electron chi connectivity index (χ0n) is 13.0. The third-order valence-electron chi connectivity index (χ3n) is 2.89. The van der Waals surface area contributed by atoms with E-state index in [0.29, 0.717) is 27.2 Å². The van der Waals surface area contributed by atoms with Crippen LogP contribution in [-0.4, -0.2) is 22.5 Å². The van der Waals surface area contributed by atoms with E-state index in [1.54, 1.807) is 19.1 Å². The average Bonchev–Trinajstić information content (AvgIpc) is 2.49. The third-order valence-corrected chi connectivity index (χ3v) is 3.70. The SMILES string of the molecule is CCOc1cc(-c2nc(N)nc(N)c2C#N)cc(I)c1OC(C)=O. The summed E-state index contributed by atoms with van der Waals surface area (Å²) in [4.78, 5) is 19.2. The van der Waals surface area contributed by atoms with E-state index in [4.69, 9.17) is 20.9 Å². The van der Waals surface area contributed by atoms with Crippen LogP contribution >= 0.6 is 22.6 Å². The second-order valence-electron chi connectivity index (χ2n) is 4.61. The average molecular weight is 439 g/mol. The number of hydrogen-bond acceptors (Lipinski definition) is 8. The van der Waals surface area contributed by atoms with Gasteiger partial charge in [0.2, 0.25) is 5.95 Å². The molecule has 0 aliphatic carbocycles. The molecule has 8 nitrogen and oxygen atoms in total. The van der Waals surface area contributed by atoms with Crippen molar-refractivity contribution in [2.75, 3.05) is 18.1 Å². The van der Waals surface area contributed by atoms with Crippen molar-refractivity contribution in [2.45, 2.75) is 13.8 Å². The first kappa shape index (κ1) is 17.7. The van der Waals surface area contributed by atoms with Crippen LogP contribution < -0.4 is 20.9 Å². The fourth-order valence-corrected chi connectivity index (χ4v) is 2.74. The van der Waals surface area contributed by atoms with Crippen molar-refractivity contribution in [3.63, 3.8) is 0 Å². The molecule has 0 atom stereocenters. The first-order chi connectivity index (χ1) is 11.4. The Kier molecular flexibility index (Phi) is 5.40. The zero-order chi connectivity index (χ0) is 17.9. The fraction of sp³-hybridized carbons (Fsp3) is 0.200. The highest BCUT2D eigenvalue weighted by molar-refractivity contribution is 14.1. The van der Waals surface area contributed by atoms with Gasteiger partial charge in [-0.1, -0.05) is 0 Å². The third kappa shape index (κ3) is 3.65. The Morgan fingerprint density at radius 2 is 2.08 bits per heavy atom. The summed E-state index contributed by atoms with van der Waals surface area (Å²) in [6.45, 7) is 3.48. The summed E-state index contributed by atoms with van der Waals surface area (Å²) < 4.78 is 11.4. The van der Waals surface area contributed by atoms with Crippen molar-refractivity contribution < 1.29 is 14.3 Å². The molecule has 124 valence electrons. The predicted octanol–water partition coefficient (Wildman–Crippen LogP) is 2.11. The topological polar surface area (TPSA) is 137 Å². The number of ether oxygens (including phenoxy) is 2. The molecule has 0 fully saturated rings. The van der Waals surface area contributed by atoms with Crippen LogP contribution in [0.4, 0.5) is 11.8 Å². The number of hydrogen-bond donors (Lipinski definition) is 2. The molecule has 0 aliphatic heterocycles. The lowest BCUT2D eigenvalue weighted by atomic mass is 10.1. The molecule has 2 aromatic rings. The monoisotopic (exact) mass is 439 g/mol. The normalized spacial score (nSPS) is 10.1. The second kappa shape index (κ2) is 7.31. The maximum Gasteiger partial charge on any atom is 0.308 e. The molecule has 1 aromatic carbocycles. The maximum atomic E-state index is 11.3. The van der Waals surface area contributed by atoms with Gasteiger partial charge in [0.05, 0.1) is 15.9 Å². The van der Waals surface area contributed by atoms with Crippen molar-refractivity contribution >= 4 is 40.3 Å². The Balaban J connectivity index is 2.69. The summed E-state index contributed by atoms with van der Waals surface area (Å²) in [5, 5.41) is 9.31. The van der Waals surface area contributed by atoms with Crippen LogP contribution in [0.2, 0.25) is 0 Å². The van der Waals surface area contributed by atoms with E-state index < -0.39 is 5.97 Å². The molecule has 0 radical (unpaired) electrons. The zero-order valence-corrected chi connectivity index (χ0v) is 15.1. The van der Waals surface area contributed by atoms with Gasteiger partial charge in [-0.25, -0.2) is 4.98 Å². The van der Waals surface area contributed by atoms with Crippen LogP contribution in [0.5, 0.6) is 11.5 Å². The van der Waals surface area contributed by atoms with Gasteiger partial charge in [-0.3, -0.25) is 4.79 Å². The minimum Gasteiger partial charge on any atom is -0.490 e. The van der Waals surface area contributed by atoms with E-state index in [2.05, 4.69) is 9.97 Å². The summed E-state index contributed by atoms with van der Waals surface area (Å²) in [7, 11) is 0. The number of rotatable bonds is 4. The van der Waals surface area contributed by atoms with Gasteiger partial charge in [-0.2, -0.15) is 10.2 Å². The summed E-state index contributed by atoms with van der Waals surface area (Å²) in [6.07, 6.45) is 0. The van der Waals surface area contributed by atoms with Crippen molar-refractivity contribution in [3.8, 4) is 28.8 Å². The molecule has 0 unspecified atom stereocenters. The first-order valence-electron chi connectivity index (χ1n) is 6.85. The van der Waals surface area contributed by atoms with Crippen LogP contribution in [0.25, 0.3) is 11.3 Å². The van der Waals surface area contributed by atoms with Gasteiger partial charge in [-0.05, 0) is 41.6 Å². The van der Waals surface area contributed by atoms with Crippen molar-refractivity contribution in [3.05, 3.63) is 21.3 Å². The number of nitrogens with two attached hydrogens (primary N) is 2. The van der Waals surface area contributed by atoms with E-state index in [-0.39, 0.29) is 23.0 Å². The number of halogens is 1. The van der Waals surface area contributed by atoms with Crippen LogP contribution in [0.15, 0.2) is 12.1 Å². The van der Waals surface area contributed by atoms with E-state index >= 15 is 0 Å². The van der Waals surface area contributed by atoms with Gasteiger partial charge in [0, 0.05) is 12.5 Å². The van der Waals surface area contributed by atoms with Crippen LogP contribution in [0.3, 0.4) is 0 Å². The fourth-order valence-electron chi connectivity index (χ4n) is 2.03. The van der Waals surface area contributed by atoms with E-state index in [1.807, 2.05) is 28.7 Å². The standard InChI is InChI=1S/C15H14IN5O3/c1-3-23-11-5-8(4-10(16)13(11)24-7(2)22)12-9(6-17)14(18)21-15(19)20-12/h4-5H,3H2,1-2H3,(H4,18,19,20,21). The largest absolute Gasteiger partial charge is 0.490 e. The van der Waals surface area contributed by atoms with Gasteiger partial charge in [0.25, 0.3) is 0 Å². The second-order valence-corrected chi connectivity index (χ2v) is 5.78. The number of benzene rings is 1. The quantitative estimate of drug-likeness (QED) is 0.420. The maximum absolute atomic E-state index is 11.3. The molecule has 0 bridgehead atoms. The number of nitrogen functional groups attached to an aromatic ring is 2. The summed E-state index contributed by atoms with van der Waals surface area (Å²) in [5.41, 5.74) is 12.3. The summed E-state index contributed by atoms with van der Waals surface area (Å²) in [6, 6.07) is 5.29. The molecule has 0 amide bonds. The smallest absolute Gasteiger partial charge is 0.308 e. The van der Waals surface area contributed by atoms with Gasteiger partial charge in [-0.15, -0.1) is 0 Å². The summed E-state index contributed by atoms with van der Waals surface area (Å²) >= 11 is 2.01. The number of carbonyl (C=O) groups excluding carboxylic acids is 1. The number of anilines is 2. The lowest BCUT2D eigenvalue weighted by Gasteiger charge is -2.14. The molecule has 9 heteroatoms. The number of esters is 1. The number of aromatic nitrogens is 2. The Bertz CT molecular complexity index is 848. The molecular formula is C15H14IN5O3. The van der Waals surface area contributed by atoms with Crippen LogP contribution in [0.1, 0.15) is 19.4 Å². The molecule has 1 aromatic heterocycles. The summed E-state index contributed by atoms with van der Waals surface area (Å²) in [5.74, 6) is 0.155. The Hall–Kier alpha value is -2.61. The Morgan fingerprint density at radius 1 is 1.38 bits per heavy atom. The molecule has 2 rings (SSSR count). The molecule has 0 saturated carbocycles. The van der Waals surface area contributed by atoms with Gasteiger partial charge < -0.3 is 20.9 Å². The molecule has 0 aliphatic rings. The van der Waals surface area contributed by atoms with E-state index in [1.165, 1.54) is 6.92 Å². The van der Waals surface area contributed by atoms with Crippen LogP contribution in [0, 0.1) is 14.9 Å². The number of carbonyl (C=O) groups is 1. The highest BCUT2D eigenvalue weighted by Crippen LogP contribution is 2.38. The first-order valence-corrected chi connectivity index (χ1v) is 7.93. The van der Waals surface area contributed by atoms with E-state index in [9.17, 15) is 10.1 Å². The minimum atomic E-state index is -0.463. The lowest BCUT2D eigenvalue weighted by Crippen LogP contribution is -2.07. The Morgan fingerprint density at radius 3 is 2.67 bits per heavy atom. The molecule has 24 heavy (non-hydrogen) atoms. The Labute approximate surface area is 151 Å². The van der Waals surface area contributed by atoms with Crippen molar-refractivity contribution in [1.29, 1.82) is 5.26 Å². The lowest BCUT2D eigenvalue weighted by molar-refractivity contribution is -0.132. The molecule has 4 N–H and O–H groups in total. The highest BCUT2D eigenvalue weighted by Gasteiger charge is 2.19. The molecular weight excluding hydrogens is 425 g/mol. The minimum absolute atomic E-state index is 0.00275. The van der Waals surface area contributed by atoms with E-state index in [0.717, 1.165) is 0 Å². The van der Waals surface area contributed by atoms with Gasteiger partial charge >= 0.3 is 5.97 Å². The van der Waals surface area contributed by atoms with Gasteiger partial charge in [0.15, 0.2) is 11.5 Å². The highest BCUT2D eigenvalue weighted by atomic mass is 127. The van der Waals surface area contributed by atoms with Crippen LogP contribution in [-0.2, 0) is 4.79 Å². The number of nitriles is 1. The molecule has 1 heterocycles. The predicted molar refractivity (Wildman–Crippen MR) is 96.2 cm³/mol. The van der Waals surface area contributed by atoms with Crippen molar-refractivity contribution in [1.82, 2.24) is 9.97 Å². The van der Waals surface area contributed by atoms with Gasteiger partial charge in [0.1, 0.15) is 17.5 Å². The number of nitrogens with zero attached hydrogens (tertiary/aromatic N) is 3. The van der Waals surface area contributed by atoms with Crippen molar-refractivity contribution in [2.24, 2.45) is 0 Å². The molecule has 0 saturated heterocycles.